The van der Waals surface area contributed by atoms with Gasteiger partial charge in [-0.05, 0) is 25.1 Å². The summed E-state index contributed by atoms with van der Waals surface area (Å²) < 4.78 is 13.1. The molecule has 0 unspecified atom stereocenters. The molecule has 1 aromatic carbocycles. The van der Waals surface area contributed by atoms with Crippen LogP contribution in [-0.2, 0) is 0 Å². The highest BCUT2D eigenvalue weighted by molar-refractivity contribution is 6.39. The van der Waals surface area contributed by atoms with Gasteiger partial charge in [0, 0.05) is 6.54 Å². The number of nitrogens with one attached hydrogen (secondary N) is 2. The van der Waals surface area contributed by atoms with Gasteiger partial charge in [0.25, 0.3) is 0 Å². The maximum Gasteiger partial charge on any atom is 0.126 e. The Morgan fingerprint density at radius 1 is 1.11 bits per heavy atom. The third-order valence-corrected chi connectivity index (χ3v) is 2.99. The van der Waals surface area contributed by atoms with Crippen molar-refractivity contribution in [2.24, 2.45) is 0 Å². The molecule has 0 amide bonds. The number of rotatable bonds is 4. The number of benzene rings is 1. The van der Waals surface area contributed by atoms with Crippen LogP contribution in [0, 0.1) is 5.82 Å². The number of anilines is 3. The second kappa shape index (κ2) is 6.08. The smallest absolute Gasteiger partial charge is 0.126 e. The van der Waals surface area contributed by atoms with E-state index in [4.69, 9.17) is 23.2 Å². The standard InChI is InChI=1S/C13H12Cl2FN3/c1-2-18-9-5-10(7-17-6-9)19-13-11(14)3-8(16)4-12(13)15/h3-7,18-19H,2H2,1H3. The first-order valence-electron chi connectivity index (χ1n) is 5.70. The summed E-state index contributed by atoms with van der Waals surface area (Å²) in [5.41, 5.74) is 2.05. The van der Waals surface area contributed by atoms with Gasteiger partial charge in [0.05, 0.1) is 39.5 Å². The van der Waals surface area contributed by atoms with Crippen molar-refractivity contribution < 1.29 is 4.39 Å². The molecule has 0 aliphatic rings. The van der Waals surface area contributed by atoms with Gasteiger partial charge >= 0.3 is 0 Å². The van der Waals surface area contributed by atoms with Crippen LogP contribution in [-0.4, -0.2) is 11.5 Å². The average molecular weight is 300 g/mol. The van der Waals surface area contributed by atoms with E-state index in [2.05, 4.69) is 15.6 Å². The molecule has 0 aliphatic heterocycles. The van der Waals surface area contributed by atoms with Crippen LogP contribution in [0.25, 0.3) is 0 Å². The van der Waals surface area contributed by atoms with Crippen molar-refractivity contribution in [2.45, 2.75) is 6.92 Å². The highest BCUT2D eigenvalue weighted by Crippen LogP contribution is 2.33. The summed E-state index contributed by atoms with van der Waals surface area (Å²) in [6.07, 6.45) is 3.35. The minimum absolute atomic E-state index is 0.221. The van der Waals surface area contributed by atoms with Gasteiger partial charge in [0.2, 0.25) is 0 Å². The number of nitrogens with zero attached hydrogens (tertiary/aromatic N) is 1. The quantitative estimate of drug-likeness (QED) is 0.859. The zero-order valence-corrected chi connectivity index (χ0v) is 11.7. The zero-order valence-electron chi connectivity index (χ0n) is 10.2. The lowest BCUT2D eigenvalue weighted by molar-refractivity contribution is 0.628. The molecule has 6 heteroatoms. The van der Waals surface area contributed by atoms with Crippen molar-refractivity contribution in [3.8, 4) is 0 Å². The SMILES string of the molecule is CCNc1cncc(Nc2c(Cl)cc(F)cc2Cl)c1. The second-order valence-electron chi connectivity index (χ2n) is 3.86. The molecule has 2 rings (SSSR count). The summed E-state index contributed by atoms with van der Waals surface area (Å²) in [6, 6.07) is 4.28. The van der Waals surface area contributed by atoms with Gasteiger partial charge < -0.3 is 10.6 Å². The van der Waals surface area contributed by atoms with Crippen molar-refractivity contribution in [2.75, 3.05) is 17.2 Å². The lowest BCUT2D eigenvalue weighted by Crippen LogP contribution is -1.99. The van der Waals surface area contributed by atoms with E-state index in [1.807, 2.05) is 13.0 Å². The van der Waals surface area contributed by atoms with Gasteiger partial charge in [-0.2, -0.15) is 0 Å². The minimum Gasteiger partial charge on any atom is -0.384 e. The van der Waals surface area contributed by atoms with Crippen LogP contribution in [0.1, 0.15) is 6.92 Å². The Morgan fingerprint density at radius 2 is 1.74 bits per heavy atom. The lowest BCUT2D eigenvalue weighted by Gasteiger charge is -2.11. The molecule has 0 fully saturated rings. The van der Waals surface area contributed by atoms with Crippen LogP contribution in [0.4, 0.5) is 21.5 Å². The Bertz CT molecular complexity index is 567. The first-order chi connectivity index (χ1) is 9.10. The van der Waals surface area contributed by atoms with E-state index in [9.17, 15) is 4.39 Å². The fourth-order valence-corrected chi connectivity index (χ4v) is 2.17. The maximum atomic E-state index is 13.1. The molecule has 0 spiro atoms. The fourth-order valence-electron chi connectivity index (χ4n) is 1.62. The van der Waals surface area contributed by atoms with Gasteiger partial charge in [-0.25, -0.2) is 4.39 Å². The third kappa shape index (κ3) is 3.49. The van der Waals surface area contributed by atoms with Gasteiger partial charge in [0.15, 0.2) is 0 Å². The molecule has 19 heavy (non-hydrogen) atoms. The number of pyridine rings is 1. The Kier molecular flexibility index (Phi) is 4.45. The molecule has 3 nitrogen and oxygen atoms in total. The predicted molar refractivity (Wildman–Crippen MR) is 78.1 cm³/mol. The van der Waals surface area contributed by atoms with E-state index >= 15 is 0 Å². The molecule has 0 bridgehead atoms. The number of aromatic nitrogens is 1. The Morgan fingerprint density at radius 3 is 2.37 bits per heavy atom. The molecule has 2 N–H and O–H groups in total. The van der Waals surface area contributed by atoms with Gasteiger partial charge in [0.1, 0.15) is 5.82 Å². The van der Waals surface area contributed by atoms with Crippen molar-refractivity contribution in [3.05, 3.63) is 46.5 Å². The second-order valence-corrected chi connectivity index (χ2v) is 4.68. The molecule has 0 radical (unpaired) electrons. The monoisotopic (exact) mass is 299 g/mol. The van der Waals surface area contributed by atoms with E-state index < -0.39 is 5.82 Å². The highest BCUT2D eigenvalue weighted by Gasteiger charge is 2.09. The van der Waals surface area contributed by atoms with Gasteiger partial charge in [-0.1, -0.05) is 23.2 Å². The molecule has 1 heterocycles. The Labute approximate surface area is 120 Å². The Balaban J connectivity index is 2.28. The number of halogens is 3. The fraction of sp³-hybridized carbons (Fsp3) is 0.154. The van der Waals surface area contributed by atoms with Crippen LogP contribution in [0.15, 0.2) is 30.6 Å². The summed E-state index contributed by atoms with van der Waals surface area (Å²) in [6.45, 7) is 2.79. The van der Waals surface area contributed by atoms with Crippen LogP contribution < -0.4 is 10.6 Å². The molecule has 0 aliphatic carbocycles. The van der Waals surface area contributed by atoms with Crippen molar-refractivity contribution in [1.29, 1.82) is 0 Å². The van der Waals surface area contributed by atoms with Gasteiger partial charge in [-0.15, -0.1) is 0 Å². The molecule has 100 valence electrons. The minimum atomic E-state index is -0.472. The molecule has 0 saturated carbocycles. The number of hydrogen-bond donors (Lipinski definition) is 2. The maximum absolute atomic E-state index is 13.1. The van der Waals surface area contributed by atoms with Crippen LogP contribution >= 0.6 is 23.2 Å². The molecule has 0 atom stereocenters. The average Bonchev–Trinajstić information content (AvgIpc) is 2.35. The van der Waals surface area contributed by atoms with Crippen molar-refractivity contribution >= 4 is 40.3 Å². The van der Waals surface area contributed by atoms with E-state index in [1.165, 1.54) is 12.1 Å². The first kappa shape index (κ1) is 13.9. The first-order valence-corrected chi connectivity index (χ1v) is 6.46. The molecular formula is C13H12Cl2FN3. The summed E-state index contributed by atoms with van der Waals surface area (Å²) in [4.78, 5) is 4.09. The third-order valence-electron chi connectivity index (χ3n) is 2.40. The van der Waals surface area contributed by atoms with Crippen LogP contribution in [0.3, 0.4) is 0 Å². The Hall–Kier alpha value is -1.52. The topological polar surface area (TPSA) is 37.0 Å². The summed E-state index contributed by atoms with van der Waals surface area (Å²) in [5, 5.41) is 6.62. The molecule has 2 aromatic rings. The van der Waals surface area contributed by atoms with Crippen LogP contribution in [0.5, 0.6) is 0 Å². The van der Waals surface area contributed by atoms with Gasteiger partial charge in [-0.3, -0.25) is 4.98 Å². The molecular weight excluding hydrogens is 288 g/mol. The lowest BCUT2D eigenvalue weighted by atomic mass is 10.3. The predicted octanol–water partition coefficient (Wildman–Crippen LogP) is 4.70. The summed E-state index contributed by atoms with van der Waals surface area (Å²) >= 11 is 11.9. The highest BCUT2D eigenvalue weighted by atomic mass is 35.5. The zero-order chi connectivity index (χ0) is 13.8. The normalized spacial score (nSPS) is 10.3. The van der Waals surface area contributed by atoms with Crippen LogP contribution in [0.2, 0.25) is 10.0 Å². The summed E-state index contributed by atoms with van der Waals surface area (Å²) in [7, 11) is 0. The van der Waals surface area contributed by atoms with E-state index in [0.29, 0.717) is 11.4 Å². The van der Waals surface area contributed by atoms with E-state index in [0.717, 1.165) is 12.2 Å². The van der Waals surface area contributed by atoms with Crippen molar-refractivity contribution in [1.82, 2.24) is 4.98 Å². The van der Waals surface area contributed by atoms with E-state index in [1.54, 1.807) is 12.4 Å². The van der Waals surface area contributed by atoms with E-state index in [-0.39, 0.29) is 10.0 Å². The number of hydrogen-bond acceptors (Lipinski definition) is 3. The van der Waals surface area contributed by atoms with Crippen molar-refractivity contribution in [3.63, 3.8) is 0 Å². The largest absolute Gasteiger partial charge is 0.384 e. The molecule has 1 aromatic heterocycles. The summed E-state index contributed by atoms with van der Waals surface area (Å²) in [5.74, 6) is -0.472. The molecule has 0 saturated heterocycles.